The van der Waals surface area contributed by atoms with Crippen LogP contribution in [0.2, 0.25) is 0 Å². The SMILES string of the molecule is CCCCCN(CC)C1(CN)CCCCCC1. The number of unbranched alkanes of at least 4 members (excludes halogenated alkanes) is 2. The quantitative estimate of drug-likeness (QED) is 0.545. The molecule has 0 bridgehead atoms. The van der Waals surface area contributed by atoms with Crippen LogP contribution in [-0.2, 0) is 0 Å². The van der Waals surface area contributed by atoms with Crippen LogP contribution in [-0.4, -0.2) is 30.1 Å². The summed E-state index contributed by atoms with van der Waals surface area (Å²) in [7, 11) is 0. The van der Waals surface area contributed by atoms with Crippen molar-refractivity contribution in [2.24, 2.45) is 5.73 Å². The average Bonchev–Trinajstić information content (AvgIpc) is 2.61. The summed E-state index contributed by atoms with van der Waals surface area (Å²) in [4.78, 5) is 2.69. The van der Waals surface area contributed by atoms with Crippen molar-refractivity contribution < 1.29 is 0 Å². The lowest BCUT2D eigenvalue weighted by atomic mass is 9.87. The molecule has 1 aliphatic rings. The van der Waals surface area contributed by atoms with Gasteiger partial charge in [0.2, 0.25) is 0 Å². The summed E-state index contributed by atoms with van der Waals surface area (Å²) in [6.45, 7) is 7.85. The Morgan fingerprint density at radius 2 is 1.65 bits per heavy atom. The predicted octanol–water partition coefficient (Wildman–Crippen LogP) is 3.55. The number of hydrogen-bond donors (Lipinski definition) is 1. The maximum atomic E-state index is 6.15. The number of rotatable bonds is 7. The molecule has 0 aliphatic heterocycles. The summed E-state index contributed by atoms with van der Waals surface area (Å²) in [6.07, 6.45) is 12.2. The van der Waals surface area contributed by atoms with Gasteiger partial charge in [-0.3, -0.25) is 4.90 Å². The van der Waals surface area contributed by atoms with Gasteiger partial charge < -0.3 is 5.73 Å². The Balaban J connectivity index is 2.58. The molecule has 0 heterocycles. The van der Waals surface area contributed by atoms with Crippen molar-refractivity contribution in [3.63, 3.8) is 0 Å². The van der Waals surface area contributed by atoms with Crippen molar-refractivity contribution in [3.05, 3.63) is 0 Å². The Morgan fingerprint density at radius 3 is 2.12 bits per heavy atom. The zero-order chi connectivity index (χ0) is 12.6. The highest BCUT2D eigenvalue weighted by atomic mass is 15.2. The van der Waals surface area contributed by atoms with E-state index in [-0.39, 0.29) is 0 Å². The summed E-state index contributed by atoms with van der Waals surface area (Å²) >= 11 is 0. The standard InChI is InChI=1S/C15H32N2/c1-3-5-10-13-17(4-2)15(14-16)11-8-6-7-9-12-15/h3-14,16H2,1-2H3. The fourth-order valence-electron chi connectivity index (χ4n) is 3.32. The third-order valence-corrected chi connectivity index (χ3v) is 4.50. The Bertz CT molecular complexity index is 183. The molecule has 0 amide bonds. The highest BCUT2D eigenvalue weighted by molar-refractivity contribution is 4.92. The largest absolute Gasteiger partial charge is 0.329 e. The van der Waals surface area contributed by atoms with Crippen LogP contribution >= 0.6 is 0 Å². The van der Waals surface area contributed by atoms with Gasteiger partial charge in [0.1, 0.15) is 0 Å². The maximum Gasteiger partial charge on any atom is 0.0331 e. The molecule has 0 aromatic carbocycles. The van der Waals surface area contributed by atoms with Crippen molar-refractivity contribution >= 4 is 0 Å². The second kappa shape index (κ2) is 8.10. The molecule has 0 atom stereocenters. The van der Waals surface area contributed by atoms with Gasteiger partial charge in [-0.05, 0) is 32.4 Å². The molecule has 2 N–H and O–H groups in total. The molecule has 0 unspecified atom stereocenters. The molecule has 102 valence electrons. The van der Waals surface area contributed by atoms with Gasteiger partial charge in [-0.15, -0.1) is 0 Å². The van der Waals surface area contributed by atoms with E-state index in [4.69, 9.17) is 5.73 Å². The molecule has 1 fully saturated rings. The lowest BCUT2D eigenvalue weighted by molar-refractivity contribution is 0.0815. The third-order valence-electron chi connectivity index (χ3n) is 4.50. The highest BCUT2D eigenvalue weighted by Crippen LogP contribution is 2.32. The molecule has 0 spiro atoms. The van der Waals surface area contributed by atoms with E-state index in [9.17, 15) is 0 Å². The minimum Gasteiger partial charge on any atom is -0.329 e. The van der Waals surface area contributed by atoms with Crippen molar-refractivity contribution in [1.82, 2.24) is 4.90 Å². The van der Waals surface area contributed by atoms with Gasteiger partial charge in [0.05, 0.1) is 0 Å². The molecule has 1 rings (SSSR count). The van der Waals surface area contributed by atoms with E-state index in [0.29, 0.717) is 5.54 Å². The lowest BCUT2D eigenvalue weighted by Gasteiger charge is -2.43. The number of nitrogens with two attached hydrogens (primary N) is 1. The van der Waals surface area contributed by atoms with Gasteiger partial charge in [0.15, 0.2) is 0 Å². The van der Waals surface area contributed by atoms with Gasteiger partial charge in [-0.1, -0.05) is 52.4 Å². The topological polar surface area (TPSA) is 29.3 Å². The lowest BCUT2D eigenvalue weighted by Crippen LogP contribution is -2.53. The molecule has 0 aromatic heterocycles. The smallest absolute Gasteiger partial charge is 0.0331 e. The average molecular weight is 240 g/mol. The second-order valence-corrected chi connectivity index (χ2v) is 5.63. The number of nitrogens with zero attached hydrogens (tertiary/aromatic N) is 1. The van der Waals surface area contributed by atoms with E-state index in [1.54, 1.807) is 0 Å². The second-order valence-electron chi connectivity index (χ2n) is 5.63. The van der Waals surface area contributed by atoms with E-state index in [1.807, 2.05) is 0 Å². The van der Waals surface area contributed by atoms with Crippen LogP contribution in [0.15, 0.2) is 0 Å². The first-order valence-electron chi connectivity index (χ1n) is 7.74. The molecule has 17 heavy (non-hydrogen) atoms. The van der Waals surface area contributed by atoms with E-state index < -0.39 is 0 Å². The molecule has 0 aromatic rings. The highest BCUT2D eigenvalue weighted by Gasteiger charge is 2.34. The van der Waals surface area contributed by atoms with Crippen LogP contribution in [0.3, 0.4) is 0 Å². The predicted molar refractivity (Wildman–Crippen MR) is 76.3 cm³/mol. The summed E-state index contributed by atoms with van der Waals surface area (Å²) in [5.74, 6) is 0. The first-order valence-corrected chi connectivity index (χ1v) is 7.74. The fourth-order valence-corrected chi connectivity index (χ4v) is 3.32. The molecular weight excluding hydrogens is 208 g/mol. The molecule has 0 saturated heterocycles. The molecular formula is C15H32N2. The number of hydrogen-bond acceptors (Lipinski definition) is 2. The Labute approximate surface area is 108 Å². The van der Waals surface area contributed by atoms with Gasteiger partial charge in [-0.2, -0.15) is 0 Å². The minimum atomic E-state index is 0.332. The van der Waals surface area contributed by atoms with E-state index in [1.165, 1.54) is 70.9 Å². The first-order chi connectivity index (χ1) is 8.29. The third kappa shape index (κ3) is 4.26. The van der Waals surface area contributed by atoms with Gasteiger partial charge in [-0.25, -0.2) is 0 Å². The first kappa shape index (κ1) is 15.0. The van der Waals surface area contributed by atoms with Crippen molar-refractivity contribution in [2.75, 3.05) is 19.6 Å². The van der Waals surface area contributed by atoms with Gasteiger partial charge in [0.25, 0.3) is 0 Å². The minimum absolute atomic E-state index is 0.332. The Morgan fingerprint density at radius 1 is 1.00 bits per heavy atom. The molecule has 1 aliphatic carbocycles. The zero-order valence-corrected chi connectivity index (χ0v) is 12.0. The molecule has 1 saturated carbocycles. The van der Waals surface area contributed by atoms with Crippen molar-refractivity contribution in [3.8, 4) is 0 Å². The summed E-state index contributed by atoms with van der Waals surface area (Å²) in [5, 5.41) is 0. The molecule has 2 nitrogen and oxygen atoms in total. The van der Waals surface area contributed by atoms with Crippen LogP contribution in [0, 0.1) is 0 Å². The van der Waals surface area contributed by atoms with E-state index >= 15 is 0 Å². The number of likely N-dealkylation sites (N-methyl/N-ethyl adjacent to an activating group) is 1. The van der Waals surface area contributed by atoms with Crippen LogP contribution in [0.4, 0.5) is 0 Å². The Hall–Kier alpha value is -0.0800. The van der Waals surface area contributed by atoms with Crippen molar-refractivity contribution in [1.29, 1.82) is 0 Å². The summed E-state index contributed by atoms with van der Waals surface area (Å²) < 4.78 is 0. The van der Waals surface area contributed by atoms with Crippen LogP contribution in [0.1, 0.15) is 71.6 Å². The monoisotopic (exact) mass is 240 g/mol. The van der Waals surface area contributed by atoms with Crippen molar-refractivity contribution in [2.45, 2.75) is 77.2 Å². The van der Waals surface area contributed by atoms with E-state index in [0.717, 1.165) is 6.54 Å². The Kier molecular flexibility index (Phi) is 7.14. The van der Waals surface area contributed by atoms with Gasteiger partial charge >= 0.3 is 0 Å². The summed E-state index contributed by atoms with van der Waals surface area (Å²) in [5.41, 5.74) is 6.48. The van der Waals surface area contributed by atoms with Crippen LogP contribution in [0.25, 0.3) is 0 Å². The normalized spacial score (nSPS) is 20.5. The fraction of sp³-hybridized carbons (Fsp3) is 1.00. The van der Waals surface area contributed by atoms with Crippen LogP contribution < -0.4 is 5.73 Å². The van der Waals surface area contributed by atoms with Gasteiger partial charge in [0, 0.05) is 12.1 Å². The molecule has 0 radical (unpaired) electrons. The summed E-state index contributed by atoms with van der Waals surface area (Å²) in [6, 6.07) is 0. The zero-order valence-electron chi connectivity index (χ0n) is 12.0. The van der Waals surface area contributed by atoms with Crippen LogP contribution in [0.5, 0.6) is 0 Å². The van der Waals surface area contributed by atoms with E-state index in [2.05, 4.69) is 18.7 Å². The molecule has 2 heteroatoms. The maximum absolute atomic E-state index is 6.15.